The van der Waals surface area contributed by atoms with E-state index in [1.54, 1.807) is 11.8 Å². The van der Waals surface area contributed by atoms with Gasteiger partial charge in [0.05, 0.1) is 5.92 Å². The highest BCUT2D eigenvalue weighted by Crippen LogP contribution is 2.15. The molecule has 0 aromatic heterocycles. The molecule has 18 heavy (non-hydrogen) atoms. The smallest absolute Gasteiger partial charge is 0.307 e. The number of nitrogens with zero attached hydrogens (tertiary/aromatic N) is 1. The zero-order valence-electron chi connectivity index (χ0n) is 10.5. The van der Waals surface area contributed by atoms with Gasteiger partial charge in [-0.15, -0.1) is 0 Å². The Morgan fingerprint density at radius 2 is 1.94 bits per heavy atom. The predicted octanol–water partition coefficient (Wildman–Crippen LogP) is 2.51. The maximum Gasteiger partial charge on any atom is 0.307 e. The quantitative estimate of drug-likeness (QED) is 0.851. The third-order valence-electron chi connectivity index (χ3n) is 2.84. The molecule has 0 heterocycles. The first kappa shape index (κ1) is 14.6. The molecule has 1 atom stereocenters. The van der Waals surface area contributed by atoms with Gasteiger partial charge in [0, 0.05) is 18.7 Å². The molecule has 0 amide bonds. The van der Waals surface area contributed by atoms with Crippen LogP contribution in [0.1, 0.15) is 19.4 Å². The summed E-state index contributed by atoms with van der Waals surface area (Å²) in [5.41, 5.74) is -0.0167. The second-order valence-corrected chi connectivity index (χ2v) is 4.27. The molecule has 0 radical (unpaired) electrons. The lowest BCUT2D eigenvalue weighted by molar-refractivity contribution is -0.141. The molecule has 3 nitrogen and oxygen atoms in total. The summed E-state index contributed by atoms with van der Waals surface area (Å²) in [7, 11) is 0. The van der Waals surface area contributed by atoms with E-state index in [-0.39, 0.29) is 18.7 Å². The monoisotopic (exact) mass is 257 g/mol. The molecular formula is C13H17F2NO2. The number of aliphatic carboxylic acids is 1. The molecule has 0 fully saturated rings. The molecule has 0 spiro atoms. The first-order valence-corrected chi connectivity index (χ1v) is 5.83. The van der Waals surface area contributed by atoms with E-state index in [0.29, 0.717) is 6.54 Å². The second kappa shape index (κ2) is 6.44. The summed E-state index contributed by atoms with van der Waals surface area (Å²) in [6, 6.07) is 3.71. The van der Waals surface area contributed by atoms with Gasteiger partial charge in [-0.3, -0.25) is 9.69 Å². The summed E-state index contributed by atoms with van der Waals surface area (Å²) in [5.74, 6) is -2.69. The minimum atomic E-state index is -0.914. The topological polar surface area (TPSA) is 40.5 Å². The molecular weight excluding hydrogens is 240 g/mol. The van der Waals surface area contributed by atoms with E-state index in [0.717, 1.165) is 0 Å². The number of hydrogen-bond acceptors (Lipinski definition) is 2. The highest BCUT2D eigenvalue weighted by Gasteiger charge is 2.18. The Morgan fingerprint density at radius 3 is 2.39 bits per heavy atom. The largest absolute Gasteiger partial charge is 0.481 e. The van der Waals surface area contributed by atoms with Gasteiger partial charge in [0.15, 0.2) is 0 Å². The van der Waals surface area contributed by atoms with E-state index in [2.05, 4.69) is 0 Å². The van der Waals surface area contributed by atoms with Crippen molar-refractivity contribution in [2.24, 2.45) is 5.92 Å². The van der Waals surface area contributed by atoms with Gasteiger partial charge in [0.25, 0.3) is 0 Å². The van der Waals surface area contributed by atoms with Crippen molar-refractivity contribution in [3.63, 3.8) is 0 Å². The molecule has 1 aromatic rings. The lowest BCUT2D eigenvalue weighted by Crippen LogP contribution is -2.32. The number of halogens is 2. The highest BCUT2D eigenvalue weighted by molar-refractivity contribution is 5.69. The number of carboxylic acids is 1. The fraction of sp³-hybridized carbons (Fsp3) is 0.462. The van der Waals surface area contributed by atoms with Gasteiger partial charge in [-0.25, -0.2) is 8.78 Å². The fourth-order valence-electron chi connectivity index (χ4n) is 1.68. The number of rotatable bonds is 6. The minimum absolute atomic E-state index is 0.0167. The van der Waals surface area contributed by atoms with Crippen molar-refractivity contribution in [2.75, 3.05) is 13.1 Å². The van der Waals surface area contributed by atoms with Crippen molar-refractivity contribution in [1.82, 2.24) is 4.90 Å². The molecule has 1 unspecified atom stereocenters. The Labute approximate surface area is 105 Å². The standard InChI is InChI=1S/C13H17F2NO2/c1-3-16(7-9(2)13(17)18)8-10-11(14)5-4-6-12(10)15/h4-6,9H,3,7-8H2,1-2H3,(H,17,18). The summed E-state index contributed by atoms with van der Waals surface area (Å²) in [6.07, 6.45) is 0. The van der Waals surface area contributed by atoms with Crippen LogP contribution >= 0.6 is 0 Å². The maximum atomic E-state index is 13.5. The Balaban J connectivity index is 2.77. The first-order valence-electron chi connectivity index (χ1n) is 5.83. The molecule has 1 aromatic carbocycles. The van der Waals surface area contributed by atoms with Gasteiger partial charge >= 0.3 is 5.97 Å². The Hall–Kier alpha value is -1.49. The molecule has 100 valence electrons. The molecule has 0 aliphatic carbocycles. The predicted molar refractivity (Wildman–Crippen MR) is 64.1 cm³/mol. The Bertz CT molecular complexity index is 403. The third kappa shape index (κ3) is 3.77. The zero-order valence-corrected chi connectivity index (χ0v) is 10.5. The van der Waals surface area contributed by atoms with E-state index in [1.807, 2.05) is 6.92 Å². The van der Waals surface area contributed by atoms with Gasteiger partial charge in [0.2, 0.25) is 0 Å². The van der Waals surface area contributed by atoms with E-state index >= 15 is 0 Å². The van der Waals surface area contributed by atoms with Crippen LogP contribution in [0.25, 0.3) is 0 Å². The second-order valence-electron chi connectivity index (χ2n) is 4.27. The van der Waals surface area contributed by atoms with Gasteiger partial charge in [0.1, 0.15) is 11.6 Å². The van der Waals surface area contributed by atoms with E-state index in [4.69, 9.17) is 5.11 Å². The van der Waals surface area contributed by atoms with Crippen LogP contribution in [0.4, 0.5) is 8.78 Å². The summed E-state index contributed by atoms with van der Waals surface area (Å²) in [6.45, 7) is 4.27. The molecule has 0 saturated carbocycles. The molecule has 5 heteroatoms. The summed E-state index contributed by atoms with van der Waals surface area (Å²) >= 11 is 0. The van der Waals surface area contributed by atoms with E-state index < -0.39 is 23.5 Å². The van der Waals surface area contributed by atoms with E-state index in [1.165, 1.54) is 18.2 Å². The van der Waals surface area contributed by atoms with Gasteiger partial charge in [-0.1, -0.05) is 19.9 Å². The minimum Gasteiger partial charge on any atom is -0.481 e. The lowest BCUT2D eigenvalue weighted by atomic mass is 10.1. The molecule has 0 aliphatic rings. The van der Waals surface area contributed by atoms with Crippen molar-refractivity contribution in [1.29, 1.82) is 0 Å². The Kier molecular flexibility index (Phi) is 5.22. The van der Waals surface area contributed by atoms with Crippen molar-refractivity contribution < 1.29 is 18.7 Å². The number of carbonyl (C=O) groups is 1. The molecule has 0 bridgehead atoms. The van der Waals surface area contributed by atoms with Crippen LogP contribution in [0.5, 0.6) is 0 Å². The van der Waals surface area contributed by atoms with Crippen LogP contribution in [0.2, 0.25) is 0 Å². The summed E-state index contributed by atoms with van der Waals surface area (Å²) < 4.78 is 26.9. The van der Waals surface area contributed by atoms with Gasteiger partial charge < -0.3 is 5.11 Å². The number of benzene rings is 1. The van der Waals surface area contributed by atoms with Crippen LogP contribution in [-0.4, -0.2) is 29.1 Å². The average Bonchev–Trinajstić information content (AvgIpc) is 2.32. The summed E-state index contributed by atoms with van der Waals surface area (Å²) in [4.78, 5) is 12.5. The molecule has 0 saturated heterocycles. The Morgan fingerprint density at radius 1 is 1.39 bits per heavy atom. The van der Waals surface area contributed by atoms with Crippen molar-refractivity contribution in [2.45, 2.75) is 20.4 Å². The normalized spacial score (nSPS) is 12.7. The van der Waals surface area contributed by atoms with Crippen LogP contribution < -0.4 is 0 Å². The first-order chi connectivity index (χ1) is 8.45. The van der Waals surface area contributed by atoms with Crippen LogP contribution in [0.3, 0.4) is 0 Å². The zero-order chi connectivity index (χ0) is 13.7. The SMILES string of the molecule is CCN(Cc1c(F)cccc1F)CC(C)C(=O)O. The van der Waals surface area contributed by atoms with E-state index in [9.17, 15) is 13.6 Å². The third-order valence-corrected chi connectivity index (χ3v) is 2.84. The lowest BCUT2D eigenvalue weighted by Gasteiger charge is -2.22. The van der Waals surface area contributed by atoms with Crippen molar-refractivity contribution in [3.05, 3.63) is 35.4 Å². The maximum absolute atomic E-state index is 13.5. The molecule has 0 aliphatic heterocycles. The van der Waals surface area contributed by atoms with Gasteiger partial charge in [-0.2, -0.15) is 0 Å². The van der Waals surface area contributed by atoms with Crippen LogP contribution in [0.15, 0.2) is 18.2 Å². The van der Waals surface area contributed by atoms with Gasteiger partial charge in [-0.05, 0) is 18.7 Å². The summed E-state index contributed by atoms with van der Waals surface area (Å²) in [5, 5.41) is 8.83. The number of carboxylic acid groups (broad SMARTS) is 1. The van der Waals surface area contributed by atoms with Crippen molar-refractivity contribution in [3.8, 4) is 0 Å². The van der Waals surface area contributed by atoms with Crippen LogP contribution in [0, 0.1) is 17.6 Å². The fourth-order valence-corrected chi connectivity index (χ4v) is 1.68. The highest BCUT2D eigenvalue weighted by atomic mass is 19.1. The van der Waals surface area contributed by atoms with Crippen LogP contribution in [-0.2, 0) is 11.3 Å². The number of hydrogen-bond donors (Lipinski definition) is 1. The molecule has 1 N–H and O–H groups in total. The van der Waals surface area contributed by atoms with Crippen molar-refractivity contribution >= 4 is 5.97 Å². The molecule has 1 rings (SSSR count). The average molecular weight is 257 g/mol.